The number of fused-ring (bicyclic) bond motifs is 3. The molecule has 0 aliphatic carbocycles. The van der Waals surface area contributed by atoms with Crippen LogP contribution in [0.1, 0.15) is 11.1 Å². The summed E-state index contributed by atoms with van der Waals surface area (Å²) in [5, 5.41) is 23.1. The lowest BCUT2D eigenvalue weighted by Gasteiger charge is -2.11. The quantitative estimate of drug-likeness (QED) is 0.436. The summed E-state index contributed by atoms with van der Waals surface area (Å²) < 4.78 is 16.0. The van der Waals surface area contributed by atoms with E-state index in [1.54, 1.807) is 34.9 Å². The molecule has 0 saturated heterocycles. The molecule has 0 bridgehead atoms. The fourth-order valence-corrected chi connectivity index (χ4v) is 3.64. The van der Waals surface area contributed by atoms with Crippen LogP contribution in [0.5, 0.6) is 5.75 Å². The Bertz CT molecular complexity index is 1270. The van der Waals surface area contributed by atoms with E-state index in [-0.39, 0.29) is 24.5 Å². The maximum absolute atomic E-state index is 14.3. The van der Waals surface area contributed by atoms with E-state index < -0.39 is 5.97 Å². The molecule has 2 aromatic carbocycles. The predicted octanol–water partition coefficient (Wildman–Crippen LogP) is 3.28. The third-order valence-electron chi connectivity index (χ3n) is 4.84. The summed E-state index contributed by atoms with van der Waals surface area (Å²) in [4.78, 5) is 26.5. The molecule has 4 rings (SSSR count). The number of carbonyl (C=O) groups is 2. The molecule has 4 aromatic rings. The number of aliphatic carboxylic acids is 1. The number of aromatic hydroxyl groups is 1. The number of anilines is 1. The molecular weight excluding hydrogens is 377 g/mol. The van der Waals surface area contributed by atoms with Gasteiger partial charge in [-0.2, -0.15) is 0 Å². The van der Waals surface area contributed by atoms with Crippen LogP contribution in [0.3, 0.4) is 0 Å². The highest BCUT2D eigenvalue weighted by atomic mass is 19.1. The second-order valence-corrected chi connectivity index (χ2v) is 6.56. The molecule has 7 nitrogen and oxygen atoms in total. The topological polar surface area (TPSA) is 104 Å². The van der Waals surface area contributed by atoms with Crippen molar-refractivity contribution in [2.24, 2.45) is 0 Å². The van der Waals surface area contributed by atoms with Crippen LogP contribution < -0.4 is 5.32 Å². The second-order valence-electron chi connectivity index (χ2n) is 6.56. The van der Waals surface area contributed by atoms with Crippen LogP contribution in [0, 0.1) is 5.82 Å². The van der Waals surface area contributed by atoms with Crippen molar-refractivity contribution >= 4 is 39.9 Å². The minimum absolute atomic E-state index is 0.124. The number of aromatic nitrogens is 2. The van der Waals surface area contributed by atoms with Gasteiger partial charge in [0, 0.05) is 10.9 Å². The first-order valence-corrected chi connectivity index (χ1v) is 8.77. The zero-order chi connectivity index (χ0) is 20.5. The molecular formula is C21H16FN3O4. The van der Waals surface area contributed by atoms with E-state index in [1.807, 2.05) is 0 Å². The Balaban J connectivity index is 2.07. The van der Waals surface area contributed by atoms with Gasteiger partial charge >= 0.3 is 5.97 Å². The monoisotopic (exact) mass is 393 g/mol. The molecule has 1 amide bonds. The van der Waals surface area contributed by atoms with Gasteiger partial charge in [0.05, 0.1) is 47.5 Å². The van der Waals surface area contributed by atoms with Gasteiger partial charge < -0.3 is 20.1 Å². The standard InChI is InChI=1S/C21H16FN3O4/c22-14-4-2-1-3-13(14)10-25-15-6-5-12(7-18(28)29)21(24-11-26)20(15)19-16(25)8-23-9-17(19)27/h1-6,8-9,11,27H,7,10H2,(H,24,26)(H,28,29). The number of carboxylic acids is 1. The highest BCUT2D eigenvalue weighted by Gasteiger charge is 2.21. The molecule has 0 aliphatic rings. The number of amides is 1. The normalized spacial score (nSPS) is 11.1. The van der Waals surface area contributed by atoms with Crippen molar-refractivity contribution < 1.29 is 24.2 Å². The fourth-order valence-electron chi connectivity index (χ4n) is 3.64. The summed E-state index contributed by atoms with van der Waals surface area (Å²) in [7, 11) is 0. The van der Waals surface area contributed by atoms with E-state index in [0.717, 1.165) is 0 Å². The molecule has 8 heteroatoms. The first kappa shape index (κ1) is 18.4. The van der Waals surface area contributed by atoms with Crippen LogP contribution >= 0.6 is 0 Å². The van der Waals surface area contributed by atoms with Gasteiger partial charge in [0.2, 0.25) is 6.41 Å². The van der Waals surface area contributed by atoms with Crippen LogP contribution in [0.4, 0.5) is 10.1 Å². The summed E-state index contributed by atoms with van der Waals surface area (Å²) in [6.07, 6.45) is 2.96. The summed E-state index contributed by atoms with van der Waals surface area (Å²) in [5.41, 5.74) is 2.25. The van der Waals surface area contributed by atoms with Gasteiger partial charge in [0.15, 0.2) is 0 Å². The summed E-state index contributed by atoms with van der Waals surface area (Å²) in [6, 6.07) is 9.65. The maximum Gasteiger partial charge on any atom is 0.307 e. The minimum atomic E-state index is -1.06. The van der Waals surface area contributed by atoms with Gasteiger partial charge in [-0.25, -0.2) is 4.39 Å². The number of carboxylic acid groups (broad SMARTS) is 1. The molecule has 0 aliphatic heterocycles. The number of nitrogens with one attached hydrogen (secondary N) is 1. The Hall–Kier alpha value is -3.94. The summed E-state index contributed by atoms with van der Waals surface area (Å²) >= 11 is 0. The van der Waals surface area contributed by atoms with Crippen LogP contribution in [-0.2, 0) is 22.6 Å². The number of hydrogen-bond donors (Lipinski definition) is 3. The van der Waals surface area contributed by atoms with Crippen molar-refractivity contribution in [3.63, 3.8) is 0 Å². The molecule has 0 unspecified atom stereocenters. The SMILES string of the molecule is O=CNc1c(CC(=O)O)ccc2c1c1c(O)cncc1n2Cc1ccccc1F. The largest absolute Gasteiger partial charge is 0.506 e. The fraction of sp³-hybridized carbons (Fsp3) is 0.0952. The van der Waals surface area contributed by atoms with Crippen molar-refractivity contribution in [3.05, 3.63) is 65.7 Å². The summed E-state index contributed by atoms with van der Waals surface area (Å²) in [6.45, 7) is 0.163. The number of benzene rings is 2. The van der Waals surface area contributed by atoms with Crippen molar-refractivity contribution in [2.45, 2.75) is 13.0 Å². The lowest BCUT2D eigenvalue weighted by Crippen LogP contribution is -2.06. The van der Waals surface area contributed by atoms with E-state index >= 15 is 0 Å². The maximum atomic E-state index is 14.3. The van der Waals surface area contributed by atoms with E-state index in [0.29, 0.717) is 45.0 Å². The summed E-state index contributed by atoms with van der Waals surface area (Å²) in [5.74, 6) is -1.55. The Kier molecular flexibility index (Phi) is 4.59. The van der Waals surface area contributed by atoms with Crippen molar-refractivity contribution in [3.8, 4) is 5.75 Å². The van der Waals surface area contributed by atoms with Crippen LogP contribution in [0.25, 0.3) is 21.8 Å². The van der Waals surface area contributed by atoms with E-state index in [1.165, 1.54) is 18.5 Å². The zero-order valence-corrected chi connectivity index (χ0v) is 15.1. The molecule has 3 N–H and O–H groups in total. The Morgan fingerprint density at radius 1 is 1.10 bits per heavy atom. The predicted molar refractivity (Wildman–Crippen MR) is 105 cm³/mol. The molecule has 0 saturated carbocycles. The van der Waals surface area contributed by atoms with Gasteiger partial charge in [-0.05, 0) is 17.7 Å². The Morgan fingerprint density at radius 3 is 2.62 bits per heavy atom. The highest BCUT2D eigenvalue weighted by molar-refractivity contribution is 6.18. The van der Waals surface area contributed by atoms with Gasteiger partial charge in [-0.3, -0.25) is 14.6 Å². The second kappa shape index (κ2) is 7.23. The molecule has 0 fully saturated rings. The first-order valence-electron chi connectivity index (χ1n) is 8.77. The minimum Gasteiger partial charge on any atom is -0.506 e. The lowest BCUT2D eigenvalue weighted by atomic mass is 10.0. The molecule has 2 heterocycles. The average Bonchev–Trinajstić information content (AvgIpc) is 3.00. The highest BCUT2D eigenvalue weighted by Crippen LogP contribution is 2.40. The number of hydrogen-bond acceptors (Lipinski definition) is 4. The average molecular weight is 393 g/mol. The Labute approximate surface area is 164 Å². The smallest absolute Gasteiger partial charge is 0.307 e. The van der Waals surface area contributed by atoms with Crippen LogP contribution in [0.15, 0.2) is 48.8 Å². The first-order chi connectivity index (χ1) is 14.0. The van der Waals surface area contributed by atoms with Crippen molar-refractivity contribution in [1.82, 2.24) is 9.55 Å². The van der Waals surface area contributed by atoms with Crippen LogP contribution in [0.2, 0.25) is 0 Å². The number of halogens is 1. The van der Waals surface area contributed by atoms with E-state index in [2.05, 4.69) is 10.3 Å². The molecule has 29 heavy (non-hydrogen) atoms. The molecule has 146 valence electrons. The third-order valence-corrected chi connectivity index (χ3v) is 4.84. The lowest BCUT2D eigenvalue weighted by molar-refractivity contribution is -0.136. The van der Waals surface area contributed by atoms with Crippen molar-refractivity contribution in [1.29, 1.82) is 0 Å². The molecule has 0 atom stereocenters. The molecule has 2 aromatic heterocycles. The van der Waals surface area contributed by atoms with Gasteiger partial charge in [0.1, 0.15) is 11.6 Å². The number of carbonyl (C=O) groups excluding carboxylic acids is 1. The van der Waals surface area contributed by atoms with E-state index in [9.17, 15) is 24.2 Å². The Morgan fingerprint density at radius 2 is 1.90 bits per heavy atom. The van der Waals surface area contributed by atoms with Gasteiger partial charge in [-0.1, -0.05) is 24.3 Å². The van der Waals surface area contributed by atoms with Crippen LogP contribution in [-0.4, -0.2) is 32.1 Å². The third kappa shape index (κ3) is 3.14. The molecule has 0 radical (unpaired) electrons. The number of pyridine rings is 1. The number of rotatable bonds is 6. The molecule has 0 spiro atoms. The van der Waals surface area contributed by atoms with Gasteiger partial charge in [0.25, 0.3) is 0 Å². The van der Waals surface area contributed by atoms with Crippen molar-refractivity contribution in [2.75, 3.05) is 5.32 Å². The number of nitrogens with zero attached hydrogens (tertiary/aromatic N) is 2. The van der Waals surface area contributed by atoms with Gasteiger partial charge in [-0.15, -0.1) is 0 Å². The van der Waals surface area contributed by atoms with E-state index in [4.69, 9.17) is 0 Å². The zero-order valence-electron chi connectivity index (χ0n) is 15.1.